The highest BCUT2D eigenvalue weighted by Gasteiger charge is 1.96. The van der Waals surface area contributed by atoms with E-state index in [1.54, 1.807) is 0 Å². The van der Waals surface area contributed by atoms with E-state index in [1.807, 2.05) is 80.6 Å². The molecule has 0 aromatic heterocycles. The first kappa shape index (κ1) is 35.9. The maximum Gasteiger partial charge on any atom is 0.0960 e. The fourth-order valence-electron chi connectivity index (χ4n) is 4.20. The number of aliphatic imine (C=N–C) groups is 7. The van der Waals surface area contributed by atoms with Gasteiger partial charge in [-0.15, -0.1) is 0 Å². The number of hydrogen-bond donors (Lipinski definition) is 5. The Hall–Kier alpha value is -4.61. The van der Waals surface area contributed by atoms with Crippen molar-refractivity contribution in [2.24, 2.45) is 34.9 Å². The Kier molecular flexibility index (Phi) is 20.0. The van der Waals surface area contributed by atoms with Gasteiger partial charge in [-0.3, -0.25) is 34.9 Å². The molecule has 6 heterocycles. The Morgan fingerprint density at radius 2 is 0.870 bits per heavy atom. The van der Waals surface area contributed by atoms with E-state index >= 15 is 0 Å². The van der Waals surface area contributed by atoms with Gasteiger partial charge in [-0.1, -0.05) is 0 Å². The summed E-state index contributed by atoms with van der Waals surface area (Å²) in [7, 11) is 0. The van der Waals surface area contributed by atoms with Crippen LogP contribution in [0, 0.1) is 0 Å². The highest BCUT2D eigenvalue weighted by Crippen LogP contribution is 2.00. The van der Waals surface area contributed by atoms with Crippen molar-refractivity contribution < 1.29 is 0 Å². The summed E-state index contributed by atoms with van der Waals surface area (Å²) in [6.07, 6.45) is 31.1. The average molecular weight is 629 g/mol. The third-order valence-corrected chi connectivity index (χ3v) is 6.66. The second kappa shape index (κ2) is 25.7. The minimum absolute atomic E-state index is 0.613. The summed E-state index contributed by atoms with van der Waals surface area (Å²) in [6.45, 7) is 8.00. The molecule has 248 valence electrons. The lowest BCUT2D eigenvalue weighted by molar-refractivity contribution is 0.698. The molecule has 12 heteroatoms. The molecule has 0 aromatic rings. The van der Waals surface area contributed by atoms with E-state index in [-0.39, 0.29) is 0 Å². The van der Waals surface area contributed by atoms with Crippen LogP contribution in [0.5, 0.6) is 0 Å². The van der Waals surface area contributed by atoms with E-state index in [1.165, 1.54) is 0 Å². The standard InChI is InChI=1S/C34H52N12/c1-3-8-36-21-31-7-12-35-19-20-46-34(30-45-18-17-40-22-31)29-39-11-6-2-5-10-38-24-33-27-43-15-13-41-25-32(23-37-9-4-1)26-42-14-16-44-28-33/h7,12,20-30,35,40-41,44-45H,1-6,8-11,13-19H2/b12-7-,31-22+,32-25-,33-28-,34-30+,36-21?,37-23?,38-24?,39-29?,42-26?,43-27?,46-20?. The van der Waals surface area contributed by atoms with Crippen molar-refractivity contribution in [3.63, 3.8) is 0 Å². The summed E-state index contributed by atoms with van der Waals surface area (Å²) < 4.78 is 0. The molecule has 5 N–H and O–H groups in total. The lowest BCUT2D eigenvalue weighted by Crippen LogP contribution is -2.21. The first-order chi connectivity index (χ1) is 22.9. The second-order valence-electron chi connectivity index (χ2n) is 10.7. The molecule has 46 heavy (non-hydrogen) atoms. The summed E-state index contributed by atoms with van der Waals surface area (Å²) in [5.41, 5.74) is 3.71. The van der Waals surface area contributed by atoms with E-state index in [4.69, 9.17) is 0 Å². The van der Waals surface area contributed by atoms with E-state index in [9.17, 15) is 0 Å². The molecular formula is C34H52N12. The Balaban J connectivity index is 1.64. The van der Waals surface area contributed by atoms with Gasteiger partial charge in [0.2, 0.25) is 0 Å². The molecule has 0 saturated heterocycles. The van der Waals surface area contributed by atoms with Gasteiger partial charge in [-0.25, -0.2) is 0 Å². The largest absolute Gasteiger partial charge is 0.389 e. The number of hydrogen-bond acceptors (Lipinski definition) is 12. The molecule has 4 bridgehead atoms. The molecule has 6 aliphatic rings. The lowest BCUT2D eigenvalue weighted by Gasteiger charge is -2.05. The van der Waals surface area contributed by atoms with Crippen LogP contribution in [0.1, 0.15) is 38.5 Å². The molecule has 0 radical (unpaired) electrons. The van der Waals surface area contributed by atoms with Crippen molar-refractivity contribution in [1.29, 1.82) is 0 Å². The van der Waals surface area contributed by atoms with Gasteiger partial charge in [0.05, 0.1) is 18.8 Å². The molecule has 0 unspecified atom stereocenters. The van der Waals surface area contributed by atoms with Crippen molar-refractivity contribution in [3.05, 3.63) is 59.5 Å². The van der Waals surface area contributed by atoms with Crippen LogP contribution in [0.2, 0.25) is 0 Å². The molecule has 0 fully saturated rings. The topological polar surface area (TPSA) is 147 Å². The molecule has 0 atom stereocenters. The lowest BCUT2D eigenvalue weighted by atomic mass is 10.2. The molecule has 12 nitrogen and oxygen atoms in total. The summed E-state index contributed by atoms with van der Waals surface area (Å²) >= 11 is 0. The Labute approximate surface area is 274 Å². The Morgan fingerprint density at radius 1 is 0.413 bits per heavy atom. The third-order valence-electron chi connectivity index (χ3n) is 6.66. The molecule has 0 saturated carbocycles. The minimum Gasteiger partial charge on any atom is -0.389 e. The van der Waals surface area contributed by atoms with E-state index < -0.39 is 0 Å². The summed E-state index contributed by atoms with van der Waals surface area (Å²) in [4.78, 5) is 32.2. The molecule has 0 aliphatic carbocycles. The third kappa shape index (κ3) is 18.9. The van der Waals surface area contributed by atoms with Crippen molar-refractivity contribution >= 4 is 43.5 Å². The van der Waals surface area contributed by atoms with Gasteiger partial charge in [0.1, 0.15) is 0 Å². The van der Waals surface area contributed by atoms with Crippen LogP contribution in [0.3, 0.4) is 0 Å². The fraction of sp³-hybridized carbons (Fsp3) is 0.500. The summed E-state index contributed by atoms with van der Waals surface area (Å²) in [6, 6.07) is 0. The van der Waals surface area contributed by atoms with E-state index in [0.717, 1.165) is 113 Å². The van der Waals surface area contributed by atoms with Gasteiger partial charge in [-0.05, 0) is 50.8 Å². The Morgan fingerprint density at radius 3 is 1.46 bits per heavy atom. The van der Waals surface area contributed by atoms with Gasteiger partial charge in [-0.2, -0.15) is 0 Å². The molecule has 0 aromatic carbocycles. The van der Waals surface area contributed by atoms with Gasteiger partial charge in [0, 0.05) is 144 Å². The van der Waals surface area contributed by atoms with Crippen LogP contribution in [0.4, 0.5) is 0 Å². The van der Waals surface area contributed by atoms with E-state index in [2.05, 4.69) is 61.5 Å². The first-order valence-electron chi connectivity index (χ1n) is 16.6. The average Bonchev–Trinajstić information content (AvgIpc) is 3.06. The molecular weight excluding hydrogens is 576 g/mol. The van der Waals surface area contributed by atoms with Crippen LogP contribution >= 0.6 is 0 Å². The van der Waals surface area contributed by atoms with Crippen LogP contribution in [0.25, 0.3) is 0 Å². The van der Waals surface area contributed by atoms with Gasteiger partial charge in [0.15, 0.2) is 0 Å². The van der Waals surface area contributed by atoms with Gasteiger partial charge < -0.3 is 26.6 Å². The van der Waals surface area contributed by atoms with Crippen molar-refractivity contribution in [1.82, 2.24) is 26.6 Å². The highest BCUT2D eigenvalue weighted by atomic mass is 14.9. The number of nitrogens with zero attached hydrogens (tertiary/aromatic N) is 7. The normalized spacial score (nSPS) is 25.9. The van der Waals surface area contributed by atoms with Crippen LogP contribution in [-0.2, 0) is 0 Å². The minimum atomic E-state index is 0.613. The van der Waals surface area contributed by atoms with E-state index in [0.29, 0.717) is 19.6 Å². The van der Waals surface area contributed by atoms with Crippen LogP contribution in [-0.4, -0.2) is 115 Å². The predicted octanol–water partition coefficient (Wildman–Crippen LogP) is 2.82. The van der Waals surface area contributed by atoms with Gasteiger partial charge >= 0.3 is 0 Å². The number of allylic oxidation sites excluding steroid dienone is 5. The van der Waals surface area contributed by atoms with Crippen molar-refractivity contribution in [3.8, 4) is 0 Å². The molecule has 0 spiro atoms. The molecule has 0 amide bonds. The second-order valence-corrected chi connectivity index (χ2v) is 10.7. The summed E-state index contributed by atoms with van der Waals surface area (Å²) in [5.74, 6) is 0. The summed E-state index contributed by atoms with van der Waals surface area (Å²) in [5, 5.41) is 16.6. The molecule has 6 rings (SSSR count). The zero-order chi connectivity index (χ0) is 32.0. The van der Waals surface area contributed by atoms with Crippen molar-refractivity contribution in [2.75, 3.05) is 72.0 Å². The fourth-order valence-corrected chi connectivity index (χ4v) is 4.20. The first-order valence-corrected chi connectivity index (χ1v) is 16.6. The zero-order valence-corrected chi connectivity index (χ0v) is 27.2. The number of rotatable bonds is 0. The zero-order valence-electron chi connectivity index (χ0n) is 27.2. The Bertz CT molecular complexity index is 1090. The van der Waals surface area contributed by atoms with Crippen LogP contribution < -0.4 is 26.6 Å². The van der Waals surface area contributed by atoms with Crippen molar-refractivity contribution in [2.45, 2.75) is 38.5 Å². The molecule has 6 aliphatic heterocycles. The SMILES string of the molecule is C1=NCCCCCN=CC2=C/NCCN/C=C(\C=NCCCCCN=C/C3=C/NCCN=C/C1=C\NCCN=C3)N=CCN/C=C\2. The maximum absolute atomic E-state index is 4.64. The predicted molar refractivity (Wildman–Crippen MR) is 198 cm³/mol. The smallest absolute Gasteiger partial charge is 0.0960 e. The van der Waals surface area contributed by atoms with Crippen LogP contribution in [0.15, 0.2) is 94.4 Å². The quantitative estimate of drug-likeness (QED) is 0.280. The number of nitrogens with one attached hydrogen (secondary N) is 5. The highest BCUT2D eigenvalue weighted by molar-refractivity contribution is 6.04. The monoisotopic (exact) mass is 628 g/mol. The maximum atomic E-state index is 4.64. The van der Waals surface area contributed by atoms with Gasteiger partial charge in [0.25, 0.3) is 0 Å².